The second kappa shape index (κ2) is 20.9. The van der Waals surface area contributed by atoms with E-state index in [1.807, 2.05) is 4.90 Å². The quantitative estimate of drug-likeness (QED) is 0.110. The van der Waals surface area contributed by atoms with Gasteiger partial charge in [-0.25, -0.2) is 0 Å². The number of benzene rings is 1. The lowest BCUT2D eigenvalue weighted by Crippen LogP contribution is -2.60. The van der Waals surface area contributed by atoms with Gasteiger partial charge in [-0.2, -0.15) is 26.2 Å². The van der Waals surface area contributed by atoms with Crippen LogP contribution in [0.2, 0.25) is 0 Å². The van der Waals surface area contributed by atoms with Crippen LogP contribution in [0.1, 0.15) is 50.5 Å². The average Bonchev–Trinajstić information content (AvgIpc) is 3.18. The second-order valence-electron chi connectivity index (χ2n) is 13.8. The second-order valence-corrected chi connectivity index (χ2v) is 15.5. The van der Waals surface area contributed by atoms with E-state index >= 15 is 8.78 Å². The molecule has 302 valence electrons. The van der Waals surface area contributed by atoms with Crippen LogP contribution < -0.4 is 25.4 Å². The van der Waals surface area contributed by atoms with Gasteiger partial charge in [0.1, 0.15) is 17.8 Å². The highest BCUT2D eigenvalue weighted by Crippen LogP contribution is 2.30. The summed E-state index contributed by atoms with van der Waals surface area (Å²) in [4.78, 5) is 55.8. The number of nitrogens with zero attached hydrogens (tertiary/aromatic N) is 2. The standard InChI is InChI=1S/C36H54F2N6O9S/c1-3-7-29(40-34(47)31(25-27-10-12-28(51-2)13-11-27)42-54(49,50)44-18-22-53-23-19-44)33(46)41-30(24-26-8-5-4-6-9-26)32(45)36(37,38)35(48)39-14-15-43-16-20-52-21-17-43/h3,10-13,26,29-31,42H,1,4-9,14-25H2,2H3,(H,39,48)(H,40,47)(H,41,46)/t29-,30-,31-/m0/s1. The van der Waals surface area contributed by atoms with Crippen molar-refractivity contribution < 1.29 is 50.6 Å². The van der Waals surface area contributed by atoms with E-state index in [1.165, 1.54) is 13.2 Å². The molecule has 2 heterocycles. The van der Waals surface area contributed by atoms with Crippen molar-refractivity contribution in [3.05, 3.63) is 42.5 Å². The van der Waals surface area contributed by atoms with E-state index in [4.69, 9.17) is 14.2 Å². The molecule has 15 nitrogen and oxygen atoms in total. The molecule has 3 aliphatic rings. The smallest absolute Gasteiger partial charge is 0.383 e. The van der Waals surface area contributed by atoms with Crippen molar-refractivity contribution in [1.82, 2.24) is 29.9 Å². The van der Waals surface area contributed by atoms with E-state index < -0.39 is 57.8 Å². The van der Waals surface area contributed by atoms with Crippen LogP contribution in [0.15, 0.2) is 36.9 Å². The summed E-state index contributed by atoms with van der Waals surface area (Å²) < 4.78 is 77.1. The minimum absolute atomic E-state index is 0.0701. The summed E-state index contributed by atoms with van der Waals surface area (Å²) in [5.74, 6) is -9.38. The summed E-state index contributed by atoms with van der Waals surface area (Å²) in [6.07, 6.45) is 4.89. The molecule has 3 amide bonds. The highest BCUT2D eigenvalue weighted by atomic mass is 32.2. The van der Waals surface area contributed by atoms with Gasteiger partial charge in [-0.3, -0.25) is 24.1 Å². The number of rotatable bonds is 20. The average molecular weight is 785 g/mol. The van der Waals surface area contributed by atoms with E-state index in [0.717, 1.165) is 23.6 Å². The van der Waals surface area contributed by atoms with Crippen molar-refractivity contribution >= 4 is 33.7 Å². The van der Waals surface area contributed by atoms with Crippen molar-refractivity contribution in [2.75, 3.05) is 72.8 Å². The lowest BCUT2D eigenvalue weighted by atomic mass is 9.83. The number of hydrogen-bond donors (Lipinski definition) is 4. The maximum Gasteiger partial charge on any atom is 0.383 e. The van der Waals surface area contributed by atoms with Gasteiger partial charge in [0, 0.05) is 39.3 Å². The summed E-state index contributed by atoms with van der Waals surface area (Å²) in [5.41, 5.74) is 0.578. The molecule has 0 unspecified atom stereocenters. The molecule has 2 saturated heterocycles. The number of ether oxygens (including phenoxy) is 3. The highest BCUT2D eigenvalue weighted by Gasteiger charge is 2.51. The Labute approximate surface area is 316 Å². The van der Waals surface area contributed by atoms with Crippen LogP contribution in [0.3, 0.4) is 0 Å². The third-order valence-electron chi connectivity index (χ3n) is 9.89. The molecule has 1 aromatic rings. The molecule has 54 heavy (non-hydrogen) atoms. The molecule has 0 aromatic heterocycles. The fourth-order valence-electron chi connectivity index (χ4n) is 6.75. The lowest BCUT2D eigenvalue weighted by molar-refractivity contribution is -0.160. The molecule has 1 aromatic carbocycles. The third-order valence-corrected chi connectivity index (χ3v) is 11.5. The number of methoxy groups -OCH3 is 1. The lowest BCUT2D eigenvalue weighted by Gasteiger charge is -2.30. The Morgan fingerprint density at radius 1 is 0.926 bits per heavy atom. The SMILES string of the molecule is C=CC[C@H](NC(=O)[C@H](Cc1ccc(OC)cc1)NS(=O)(=O)N1CCOCC1)C(=O)N[C@@H](CC1CCCCC1)C(=O)C(F)(F)C(=O)NCCN1CCOCC1. The number of alkyl halides is 2. The molecule has 2 aliphatic heterocycles. The number of nitrogens with one attached hydrogen (secondary N) is 4. The summed E-state index contributed by atoms with van der Waals surface area (Å²) in [6.45, 7) is 6.49. The van der Waals surface area contributed by atoms with E-state index in [-0.39, 0.29) is 58.0 Å². The Bertz CT molecular complexity index is 1520. The molecule has 3 atom stereocenters. The van der Waals surface area contributed by atoms with Crippen LogP contribution in [0.5, 0.6) is 5.75 Å². The van der Waals surface area contributed by atoms with Gasteiger partial charge in [0.2, 0.25) is 17.6 Å². The zero-order valence-corrected chi connectivity index (χ0v) is 31.7. The molecule has 18 heteroatoms. The first kappa shape index (κ1) is 43.2. The largest absolute Gasteiger partial charge is 0.497 e. The number of ketones is 1. The first-order valence-electron chi connectivity index (χ1n) is 18.5. The number of hydrogen-bond acceptors (Lipinski definition) is 10. The summed E-state index contributed by atoms with van der Waals surface area (Å²) >= 11 is 0. The predicted molar refractivity (Wildman–Crippen MR) is 195 cm³/mol. The summed E-state index contributed by atoms with van der Waals surface area (Å²) in [5, 5.41) is 7.13. The van der Waals surface area contributed by atoms with Gasteiger partial charge in [-0.15, -0.1) is 6.58 Å². The Morgan fingerprint density at radius 2 is 1.52 bits per heavy atom. The molecule has 3 fully saturated rings. The molecule has 0 bridgehead atoms. The van der Waals surface area contributed by atoms with Crippen LogP contribution in [0, 0.1) is 5.92 Å². The van der Waals surface area contributed by atoms with Gasteiger partial charge in [-0.1, -0.05) is 50.3 Å². The first-order valence-corrected chi connectivity index (χ1v) is 20.0. The van der Waals surface area contributed by atoms with Gasteiger partial charge in [0.15, 0.2) is 0 Å². The summed E-state index contributed by atoms with van der Waals surface area (Å²) in [6, 6.07) is 2.07. The first-order chi connectivity index (χ1) is 25.8. The van der Waals surface area contributed by atoms with Crippen molar-refractivity contribution in [2.24, 2.45) is 5.92 Å². The van der Waals surface area contributed by atoms with Crippen molar-refractivity contribution in [3.63, 3.8) is 0 Å². The maximum absolute atomic E-state index is 15.5. The van der Waals surface area contributed by atoms with E-state index in [2.05, 4.69) is 27.3 Å². The number of amides is 3. The molecule has 1 aliphatic carbocycles. The van der Waals surface area contributed by atoms with Crippen molar-refractivity contribution in [3.8, 4) is 5.75 Å². The maximum atomic E-state index is 15.5. The Hall–Kier alpha value is -3.55. The van der Waals surface area contributed by atoms with Crippen molar-refractivity contribution in [1.29, 1.82) is 0 Å². The number of carbonyl (C=O) groups excluding carboxylic acids is 4. The van der Waals surface area contributed by atoms with E-state index in [9.17, 15) is 27.6 Å². The van der Waals surface area contributed by atoms with Gasteiger partial charge in [-0.05, 0) is 42.9 Å². The van der Waals surface area contributed by atoms with E-state index in [0.29, 0.717) is 57.0 Å². The monoisotopic (exact) mass is 784 g/mol. The fraction of sp³-hybridized carbons (Fsp3) is 0.667. The highest BCUT2D eigenvalue weighted by molar-refractivity contribution is 7.87. The van der Waals surface area contributed by atoms with Gasteiger partial charge in [0.25, 0.3) is 16.1 Å². The number of carbonyl (C=O) groups is 4. The molecular weight excluding hydrogens is 730 g/mol. The topological polar surface area (TPSA) is 185 Å². The van der Waals surface area contributed by atoms with Crippen molar-refractivity contribution in [2.45, 2.75) is 75.4 Å². The summed E-state index contributed by atoms with van der Waals surface area (Å²) in [7, 11) is -2.70. The number of Topliss-reactive ketones (excluding diaryl/α,β-unsaturated/α-hetero) is 1. The van der Waals surface area contributed by atoms with Crippen LogP contribution in [0.4, 0.5) is 8.78 Å². The molecule has 1 saturated carbocycles. The van der Waals surface area contributed by atoms with Crippen LogP contribution in [-0.4, -0.2) is 138 Å². The van der Waals surface area contributed by atoms with E-state index in [1.54, 1.807) is 24.3 Å². The normalized spacial score (nSPS) is 19.5. The number of halogens is 2. The van der Waals surface area contributed by atoms with Gasteiger partial charge < -0.3 is 30.2 Å². The Balaban J connectivity index is 1.50. The third kappa shape index (κ3) is 12.8. The fourth-order valence-corrected chi connectivity index (χ4v) is 8.08. The molecule has 0 radical (unpaired) electrons. The number of morpholine rings is 2. The predicted octanol–water partition coefficient (Wildman–Crippen LogP) is 0.942. The molecular formula is C36H54F2N6O9S. The minimum Gasteiger partial charge on any atom is -0.497 e. The van der Waals surface area contributed by atoms with Gasteiger partial charge >= 0.3 is 5.92 Å². The zero-order chi connectivity index (χ0) is 39.1. The zero-order valence-electron chi connectivity index (χ0n) is 30.9. The molecule has 4 N–H and O–H groups in total. The van der Waals surface area contributed by atoms with Crippen LogP contribution >= 0.6 is 0 Å². The minimum atomic E-state index is -4.45. The van der Waals surface area contributed by atoms with Gasteiger partial charge in [0.05, 0.1) is 39.6 Å². The Morgan fingerprint density at radius 3 is 2.13 bits per heavy atom. The van der Waals surface area contributed by atoms with Crippen LogP contribution in [-0.2, 0) is 45.3 Å². The molecule has 4 rings (SSSR count). The molecule has 0 spiro atoms. The Kier molecular flexibility index (Phi) is 16.7. The van der Waals surface area contributed by atoms with Crippen LogP contribution in [0.25, 0.3) is 0 Å².